The highest BCUT2D eigenvalue weighted by atomic mass is 32.1. The summed E-state index contributed by atoms with van der Waals surface area (Å²) in [7, 11) is 0. The Balaban J connectivity index is 1.70. The van der Waals surface area contributed by atoms with Crippen molar-refractivity contribution < 1.29 is 4.74 Å². The number of rotatable bonds is 4. The molecule has 84 valence electrons. The maximum Gasteiger partial charge on any atom is 0.0897 e. The Labute approximate surface area is 94.9 Å². The van der Waals surface area contributed by atoms with Crippen LogP contribution < -0.4 is 5.32 Å². The van der Waals surface area contributed by atoms with E-state index in [-0.39, 0.29) is 0 Å². The Bertz CT molecular complexity index is 313. The zero-order valence-electron chi connectivity index (χ0n) is 9.32. The molecule has 0 aromatic carbocycles. The molecule has 2 unspecified atom stereocenters. The number of aryl methyl sites for hydroxylation is 1. The first kappa shape index (κ1) is 11.0. The molecule has 0 amide bonds. The largest absolute Gasteiger partial charge is 0.377 e. The summed E-state index contributed by atoms with van der Waals surface area (Å²) in [5, 5.41) is 6.83. The van der Waals surface area contributed by atoms with E-state index in [2.05, 4.69) is 29.5 Å². The van der Waals surface area contributed by atoms with Crippen molar-refractivity contribution in [3.8, 4) is 0 Å². The molecule has 3 nitrogen and oxygen atoms in total. The molecular weight excluding hydrogens is 208 g/mol. The van der Waals surface area contributed by atoms with Gasteiger partial charge in [-0.15, -0.1) is 11.3 Å². The zero-order chi connectivity index (χ0) is 10.7. The molecule has 1 aliphatic heterocycles. The third kappa shape index (κ3) is 3.00. The van der Waals surface area contributed by atoms with Gasteiger partial charge in [-0.2, -0.15) is 0 Å². The minimum absolute atomic E-state index is 0.363. The number of hydrogen-bond acceptors (Lipinski definition) is 4. The van der Waals surface area contributed by atoms with E-state index in [9.17, 15) is 0 Å². The lowest BCUT2D eigenvalue weighted by atomic mass is 10.1. The highest BCUT2D eigenvalue weighted by Gasteiger charge is 2.22. The van der Waals surface area contributed by atoms with Gasteiger partial charge in [-0.25, -0.2) is 4.98 Å². The Morgan fingerprint density at radius 2 is 2.53 bits per heavy atom. The molecule has 1 aromatic rings. The summed E-state index contributed by atoms with van der Waals surface area (Å²) in [4.78, 5) is 4.44. The van der Waals surface area contributed by atoms with E-state index in [4.69, 9.17) is 4.74 Å². The normalized spacial score (nSPS) is 26.0. The molecule has 1 aromatic heterocycles. The smallest absolute Gasteiger partial charge is 0.0897 e. The Morgan fingerprint density at radius 3 is 3.13 bits per heavy atom. The summed E-state index contributed by atoms with van der Waals surface area (Å²) in [6, 6.07) is 0.532. The van der Waals surface area contributed by atoms with Gasteiger partial charge in [0.2, 0.25) is 0 Å². The van der Waals surface area contributed by atoms with Gasteiger partial charge in [-0.05, 0) is 20.3 Å². The first-order valence-electron chi connectivity index (χ1n) is 5.51. The third-order valence-electron chi connectivity index (χ3n) is 2.83. The molecule has 1 N–H and O–H groups in total. The molecule has 4 heteroatoms. The minimum Gasteiger partial charge on any atom is -0.377 e. The summed E-state index contributed by atoms with van der Waals surface area (Å²) < 4.78 is 5.50. The summed E-state index contributed by atoms with van der Waals surface area (Å²) >= 11 is 1.72. The lowest BCUT2D eigenvalue weighted by Gasteiger charge is -2.15. The Morgan fingerprint density at radius 1 is 1.67 bits per heavy atom. The molecule has 2 atom stereocenters. The van der Waals surface area contributed by atoms with Gasteiger partial charge in [-0.3, -0.25) is 0 Å². The van der Waals surface area contributed by atoms with Crippen LogP contribution in [0.2, 0.25) is 0 Å². The highest BCUT2D eigenvalue weighted by Crippen LogP contribution is 2.13. The molecule has 1 aliphatic rings. The number of thiazole rings is 1. The van der Waals surface area contributed by atoms with Crippen LogP contribution in [0.4, 0.5) is 0 Å². The van der Waals surface area contributed by atoms with Crippen LogP contribution in [0.3, 0.4) is 0 Å². The van der Waals surface area contributed by atoms with Crippen LogP contribution in [0.1, 0.15) is 24.0 Å². The van der Waals surface area contributed by atoms with Crippen molar-refractivity contribution in [1.29, 1.82) is 0 Å². The van der Waals surface area contributed by atoms with Crippen molar-refractivity contribution in [3.05, 3.63) is 16.1 Å². The molecular formula is C11H18N2OS. The summed E-state index contributed by atoms with van der Waals surface area (Å²) in [5.74, 6) is 0. The lowest BCUT2D eigenvalue weighted by molar-refractivity contribution is 0.113. The van der Waals surface area contributed by atoms with Crippen molar-refractivity contribution >= 4 is 11.3 Å². The van der Waals surface area contributed by atoms with E-state index < -0.39 is 0 Å². The van der Waals surface area contributed by atoms with Gasteiger partial charge >= 0.3 is 0 Å². The van der Waals surface area contributed by atoms with Crippen molar-refractivity contribution in [2.24, 2.45) is 0 Å². The van der Waals surface area contributed by atoms with E-state index in [0.29, 0.717) is 12.1 Å². The molecule has 0 spiro atoms. The van der Waals surface area contributed by atoms with Crippen molar-refractivity contribution in [2.45, 2.75) is 38.8 Å². The van der Waals surface area contributed by atoms with Gasteiger partial charge < -0.3 is 10.1 Å². The predicted molar refractivity (Wildman–Crippen MR) is 62.4 cm³/mol. The highest BCUT2D eigenvalue weighted by molar-refractivity contribution is 7.09. The molecule has 2 rings (SSSR count). The summed E-state index contributed by atoms with van der Waals surface area (Å²) in [5.41, 5.74) is 1.21. The van der Waals surface area contributed by atoms with Gasteiger partial charge in [0.15, 0.2) is 0 Å². The van der Waals surface area contributed by atoms with E-state index in [1.807, 2.05) is 0 Å². The van der Waals surface area contributed by atoms with Gasteiger partial charge in [-0.1, -0.05) is 0 Å². The third-order valence-corrected chi connectivity index (χ3v) is 3.65. The summed E-state index contributed by atoms with van der Waals surface area (Å²) in [6.45, 7) is 6.09. The second kappa shape index (κ2) is 5.05. The number of aromatic nitrogens is 1. The van der Waals surface area contributed by atoms with Crippen molar-refractivity contribution in [1.82, 2.24) is 10.3 Å². The molecule has 1 fully saturated rings. The second-order valence-electron chi connectivity index (χ2n) is 4.03. The maximum absolute atomic E-state index is 5.50. The van der Waals surface area contributed by atoms with Crippen molar-refractivity contribution in [2.75, 3.05) is 13.2 Å². The lowest BCUT2D eigenvalue weighted by Crippen LogP contribution is -2.35. The van der Waals surface area contributed by atoms with Crippen LogP contribution in [-0.4, -0.2) is 30.3 Å². The number of ether oxygens (including phenoxy) is 1. The van der Waals surface area contributed by atoms with Crippen molar-refractivity contribution in [3.63, 3.8) is 0 Å². The first-order chi connectivity index (χ1) is 7.25. The van der Waals surface area contributed by atoms with Gasteiger partial charge in [0.05, 0.1) is 16.8 Å². The van der Waals surface area contributed by atoms with E-state index in [0.717, 1.165) is 31.0 Å². The average Bonchev–Trinajstić information content (AvgIpc) is 2.77. The predicted octanol–water partition coefficient (Wildman–Crippen LogP) is 1.76. The van der Waals surface area contributed by atoms with Crippen LogP contribution >= 0.6 is 11.3 Å². The van der Waals surface area contributed by atoms with E-state index >= 15 is 0 Å². The molecule has 15 heavy (non-hydrogen) atoms. The quantitative estimate of drug-likeness (QED) is 0.849. The van der Waals surface area contributed by atoms with Crippen LogP contribution in [0, 0.1) is 6.92 Å². The van der Waals surface area contributed by atoms with E-state index in [1.165, 1.54) is 5.69 Å². The molecule has 0 radical (unpaired) electrons. The number of nitrogens with zero attached hydrogens (tertiary/aromatic N) is 1. The molecule has 2 heterocycles. The fourth-order valence-corrected chi connectivity index (χ4v) is 2.56. The van der Waals surface area contributed by atoms with E-state index in [1.54, 1.807) is 11.3 Å². The minimum atomic E-state index is 0.363. The SMILES string of the molecule is Cc1nc(CCNC2CCOC2C)cs1. The van der Waals surface area contributed by atoms with Crippen LogP contribution in [0.25, 0.3) is 0 Å². The zero-order valence-corrected chi connectivity index (χ0v) is 10.1. The monoisotopic (exact) mass is 226 g/mol. The second-order valence-corrected chi connectivity index (χ2v) is 5.10. The fourth-order valence-electron chi connectivity index (χ4n) is 1.91. The molecule has 0 bridgehead atoms. The molecule has 0 saturated carbocycles. The van der Waals surface area contributed by atoms with Gasteiger partial charge in [0, 0.05) is 31.0 Å². The van der Waals surface area contributed by atoms with Gasteiger partial charge in [0.1, 0.15) is 0 Å². The van der Waals surface area contributed by atoms with Crippen LogP contribution in [-0.2, 0) is 11.2 Å². The summed E-state index contributed by atoms with van der Waals surface area (Å²) in [6.07, 6.45) is 2.52. The van der Waals surface area contributed by atoms with Gasteiger partial charge in [0.25, 0.3) is 0 Å². The Hall–Kier alpha value is -0.450. The van der Waals surface area contributed by atoms with Crippen LogP contribution in [0.5, 0.6) is 0 Å². The fraction of sp³-hybridized carbons (Fsp3) is 0.727. The molecule has 0 aliphatic carbocycles. The van der Waals surface area contributed by atoms with Crippen LogP contribution in [0.15, 0.2) is 5.38 Å². The molecule has 1 saturated heterocycles. The number of hydrogen-bond donors (Lipinski definition) is 1. The number of nitrogens with one attached hydrogen (secondary N) is 1. The maximum atomic E-state index is 5.50. The Kier molecular flexibility index (Phi) is 3.72. The standard InChI is InChI=1S/C11H18N2OS/c1-8-11(4-6-14-8)12-5-3-10-7-15-9(2)13-10/h7-8,11-12H,3-6H2,1-2H3. The average molecular weight is 226 g/mol. The topological polar surface area (TPSA) is 34.2 Å². The first-order valence-corrected chi connectivity index (χ1v) is 6.39.